The van der Waals surface area contributed by atoms with Crippen molar-refractivity contribution in [2.75, 3.05) is 0 Å². The molecule has 0 radical (unpaired) electrons. The molecular formula is C11H12O2. The Balaban J connectivity index is 2.46. The van der Waals surface area contributed by atoms with Crippen molar-refractivity contribution in [3.63, 3.8) is 0 Å². The van der Waals surface area contributed by atoms with E-state index in [0.29, 0.717) is 0 Å². The van der Waals surface area contributed by atoms with Crippen LogP contribution in [-0.4, -0.2) is 11.1 Å². The molecule has 2 nitrogen and oxygen atoms in total. The minimum atomic E-state index is -0.690. The lowest BCUT2D eigenvalue weighted by atomic mass is 10.00. The van der Waals surface area contributed by atoms with Crippen LogP contribution in [0.3, 0.4) is 0 Å². The third-order valence-electron chi connectivity index (χ3n) is 2.68. The number of carboxylic acids is 1. The fourth-order valence-corrected chi connectivity index (χ4v) is 1.98. The van der Waals surface area contributed by atoms with Gasteiger partial charge in [-0.1, -0.05) is 23.8 Å². The highest BCUT2D eigenvalue weighted by Crippen LogP contribution is 2.33. The number of carbonyl (C=O) groups is 1. The normalized spacial score (nSPS) is 19.9. The van der Waals surface area contributed by atoms with Crippen LogP contribution in [0, 0.1) is 6.92 Å². The van der Waals surface area contributed by atoms with Crippen LogP contribution in [-0.2, 0) is 11.2 Å². The largest absolute Gasteiger partial charge is 0.481 e. The maximum atomic E-state index is 10.9. The van der Waals surface area contributed by atoms with Crippen molar-refractivity contribution in [3.8, 4) is 0 Å². The first-order valence-corrected chi connectivity index (χ1v) is 4.50. The molecule has 0 saturated carbocycles. The fraction of sp³-hybridized carbons (Fsp3) is 0.364. The molecule has 0 aliphatic heterocycles. The smallest absolute Gasteiger partial charge is 0.310 e. The van der Waals surface area contributed by atoms with E-state index < -0.39 is 5.97 Å². The zero-order chi connectivity index (χ0) is 9.42. The van der Waals surface area contributed by atoms with Gasteiger partial charge in [-0.25, -0.2) is 0 Å². The van der Waals surface area contributed by atoms with Crippen molar-refractivity contribution in [1.82, 2.24) is 0 Å². The molecule has 0 amide bonds. The second-order valence-corrected chi connectivity index (χ2v) is 3.63. The Kier molecular flexibility index (Phi) is 1.83. The van der Waals surface area contributed by atoms with E-state index >= 15 is 0 Å². The summed E-state index contributed by atoms with van der Waals surface area (Å²) in [7, 11) is 0. The fourth-order valence-electron chi connectivity index (χ4n) is 1.98. The molecule has 2 rings (SSSR count). The van der Waals surface area contributed by atoms with Gasteiger partial charge in [0, 0.05) is 0 Å². The number of fused-ring (bicyclic) bond motifs is 1. The van der Waals surface area contributed by atoms with Gasteiger partial charge in [-0.05, 0) is 30.9 Å². The molecule has 1 aliphatic carbocycles. The Morgan fingerprint density at radius 3 is 3.00 bits per heavy atom. The van der Waals surface area contributed by atoms with Gasteiger partial charge in [-0.15, -0.1) is 0 Å². The lowest BCUT2D eigenvalue weighted by molar-refractivity contribution is -0.138. The standard InChI is InChI=1S/C11H12O2/c1-7-2-3-8-4-5-9(11(12)13)10(8)6-7/h2-3,6,9H,4-5H2,1H3,(H,12,13). The molecular weight excluding hydrogens is 164 g/mol. The number of hydrogen-bond acceptors (Lipinski definition) is 1. The van der Waals surface area contributed by atoms with Crippen molar-refractivity contribution in [1.29, 1.82) is 0 Å². The van der Waals surface area contributed by atoms with Crippen molar-refractivity contribution in [2.24, 2.45) is 0 Å². The van der Waals surface area contributed by atoms with Crippen molar-refractivity contribution < 1.29 is 9.90 Å². The van der Waals surface area contributed by atoms with Gasteiger partial charge in [0.25, 0.3) is 0 Å². The average molecular weight is 176 g/mol. The molecule has 1 N–H and O–H groups in total. The number of rotatable bonds is 1. The Bertz CT molecular complexity index is 355. The average Bonchev–Trinajstić information content (AvgIpc) is 2.46. The Labute approximate surface area is 77.2 Å². The topological polar surface area (TPSA) is 37.3 Å². The SMILES string of the molecule is Cc1ccc2c(c1)C(C(=O)O)CC2. The predicted octanol–water partition coefficient (Wildman–Crippen LogP) is 2.11. The summed E-state index contributed by atoms with van der Waals surface area (Å²) in [5.41, 5.74) is 3.37. The van der Waals surface area contributed by atoms with Gasteiger partial charge in [0.05, 0.1) is 5.92 Å². The summed E-state index contributed by atoms with van der Waals surface area (Å²) in [6.45, 7) is 2.00. The van der Waals surface area contributed by atoms with E-state index in [9.17, 15) is 4.79 Å². The number of hydrogen-bond donors (Lipinski definition) is 1. The molecule has 0 fully saturated rings. The summed E-state index contributed by atoms with van der Waals surface area (Å²) >= 11 is 0. The van der Waals surface area contributed by atoms with E-state index in [2.05, 4.69) is 0 Å². The van der Waals surface area contributed by atoms with E-state index in [-0.39, 0.29) is 5.92 Å². The van der Waals surface area contributed by atoms with Gasteiger partial charge in [-0.2, -0.15) is 0 Å². The molecule has 1 aromatic rings. The Hall–Kier alpha value is -1.31. The van der Waals surface area contributed by atoms with Crippen molar-refractivity contribution in [2.45, 2.75) is 25.7 Å². The zero-order valence-corrected chi connectivity index (χ0v) is 7.58. The van der Waals surface area contributed by atoms with E-state index in [1.165, 1.54) is 5.56 Å². The summed E-state index contributed by atoms with van der Waals surface area (Å²) < 4.78 is 0. The highest BCUT2D eigenvalue weighted by Gasteiger charge is 2.27. The number of aryl methyl sites for hydroxylation is 2. The molecule has 1 unspecified atom stereocenters. The van der Waals surface area contributed by atoms with Crippen LogP contribution in [0.4, 0.5) is 0 Å². The van der Waals surface area contributed by atoms with E-state index in [0.717, 1.165) is 24.0 Å². The van der Waals surface area contributed by atoms with Gasteiger partial charge >= 0.3 is 5.97 Å². The maximum absolute atomic E-state index is 10.9. The molecule has 1 atom stereocenters. The predicted molar refractivity (Wildman–Crippen MR) is 49.9 cm³/mol. The summed E-state index contributed by atoms with van der Waals surface area (Å²) in [5.74, 6) is -0.959. The van der Waals surface area contributed by atoms with Gasteiger partial charge < -0.3 is 5.11 Å². The molecule has 68 valence electrons. The first-order valence-electron chi connectivity index (χ1n) is 4.50. The summed E-state index contributed by atoms with van der Waals surface area (Å²) in [6.07, 6.45) is 1.67. The highest BCUT2D eigenvalue weighted by atomic mass is 16.4. The monoisotopic (exact) mass is 176 g/mol. The van der Waals surface area contributed by atoms with E-state index in [1.807, 2.05) is 25.1 Å². The summed E-state index contributed by atoms with van der Waals surface area (Å²) in [5, 5.41) is 8.95. The number of benzene rings is 1. The van der Waals surface area contributed by atoms with Crippen LogP contribution in [0.25, 0.3) is 0 Å². The van der Waals surface area contributed by atoms with Crippen LogP contribution in [0.1, 0.15) is 29.0 Å². The van der Waals surface area contributed by atoms with Crippen LogP contribution in [0.5, 0.6) is 0 Å². The second kappa shape index (κ2) is 2.87. The van der Waals surface area contributed by atoms with Crippen LogP contribution >= 0.6 is 0 Å². The van der Waals surface area contributed by atoms with Gasteiger partial charge in [0.2, 0.25) is 0 Å². The zero-order valence-electron chi connectivity index (χ0n) is 7.58. The molecule has 13 heavy (non-hydrogen) atoms. The van der Waals surface area contributed by atoms with Crippen molar-refractivity contribution in [3.05, 3.63) is 34.9 Å². The maximum Gasteiger partial charge on any atom is 0.310 e. The van der Waals surface area contributed by atoms with Crippen LogP contribution < -0.4 is 0 Å². The minimum Gasteiger partial charge on any atom is -0.481 e. The van der Waals surface area contributed by atoms with Gasteiger partial charge in [-0.3, -0.25) is 4.79 Å². The molecule has 0 heterocycles. The molecule has 0 spiro atoms. The molecule has 1 aromatic carbocycles. The molecule has 0 saturated heterocycles. The number of carboxylic acid groups (broad SMARTS) is 1. The van der Waals surface area contributed by atoms with Gasteiger partial charge in [0.15, 0.2) is 0 Å². The third-order valence-corrected chi connectivity index (χ3v) is 2.68. The third kappa shape index (κ3) is 1.32. The molecule has 0 aromatic heterocycles. The molecule has 0 bridgehead atoms. The first-order chi connectivity index (χ1) is 6.18. The lowest BCUT2D eigenvalue weighted by Gasteiger charge is -2.05. The van der Waals surface area contributed by atoms with Crippen molar-refractivity contribution >= 4 is 5.97 Å². The van der Waals surface area contributed by atoms with Crippen LogP contribution in [0.15, 0.2) is 18.2 Å². The second-order valence-electron chi connectivity index (χ2n) is 3.63. The molecule has 1 aliphatic rings. The summed E-state index contributed by atoms with van der Waals surface area (Å²) in [6, 6.07) is 6.10. The highest BCUT2D eigenvalue weighted by molar-refractivity contribution is 5.77. The number of aliphatic carboxylic acids is 1. The minimum absolute atomic E-state index is 0.269. The van der Waals surface area contributed by atoms with E-state index in [1.54, 1.807) is 0 Å². The van der Waals surface area contributed by atoms with Gasteiger partial charge in [0.1, 0.15) is 0 Å². The summed E-state index contributed by atoms with van der Waals surface area (Å²) in [4.78, 5) is 10.9. The molecule has 2 heteroatoms. The lowest BCUT2D eigenvalue weighted by Crippen LogP contribution is -2.07. The Morgan fingerprint density at radius 1 is 1.54 bits per heavy atom. The first kappa shape index (κ1) is 8.30. The van der Waals surface area contributed by atoms with Crippen LogP contribution in [0.2, 0.25) is 0 Å². The van der Waals surface area contributed by atoms with E-state index in [4.69, 9.17) is 5.11 Å². The quantitative estimate of drug-likeness (QED) is 0.711. The Morgan fingerprint density at radius 2 is 2.31 bits per heavy atom.